The van der Waals surface area contributed by atoms with Crippen LogP contribution in [0.2, 0.25) is 0 Å². The minimum Gasteiger partial charge on any atom is -0.393 e. The van der Waals surface area contributed by atoms with Gasteiger partial charge in [-0.1, -0.05) is 30.3 Å². The van der Waals surface area contributed by atoms with E-state index >= 15 is 0 Å². The molecule has 7 heteroatoms. The summed E-state index contributed by atoms with van der Waals surface area (Å²) in [5, 5.41) is 15.0. The molecule has 0 bridgehead atoms. The van der Waals surface area contributed by atoms with Crippen LogP contribution < -0.4 is 16.2 Å². The standard InChI is InChI=1S/C22H27N3O4/c1-23-21(28)19-11-17(20(27)24-12-15-7-9-18(26)10-8-15)14-25(22(19)29)13-16-5-3-2-4-6-16/h2-6,11,14-15,18,26H,7-10,12-13H2,1H3,(H,23,28)(H,24,27)/t15-,18+. The molecular formula is C22H27N3O4. The van der Waals surface area contributed by atoms with E-state index in [4.69, 9.17) is 0 Å². The van der Waals surface area contributed by atoms with Crippen LogP contribution in [0.3, 0.4) is 0 Å². The van der Waals surface area contributed by atoms with Crippen LogP contribution in [0.1, 0.15) is 52.0 Å². The summed E-state index contributed by atoms with van der Waals surface area (Å²) in [5.41, 5.74) is 0.675. The van der Waals surface area contributed by atoms with Crippen molar-refractivity contribution in [3.05, 3.63) is 69.6 Å². The first kappa shape index (κ1) is 20.8. The molecule has 1 aromatic carbocycles. The molecule has 29 heavy (non-hydrogen) atoms. The number of aliphatic hydroxyl groups is 1. The Kier molecular flexibility index (Phi) is 6.82. The van der Waals surface area contributed by atoms with E-state index in [-0.39, 0.29) is 29.7 Å². The lowest BCUT2D eigenvalue weighted by Gasteiger charge is -2.25. The van der Waals surface area contributed by atoms with E-state index in [1.54, 1.807) is 0 Å². The summed E-state index contributed by atoms with van der Waals surface area (Å²) in [6.07, 6.45) is 4.52. The first-order valence-electron chi connectivity index (χ1n) is 9.94. The first-order valence-corrected chi connectivity index (χ1v) is 9.94. The number of nitrogens with zero attached hydrogens (tertiary/aromatic N) is 1. The average molecular weight is 397 g/mol. The second-order valence-electron chi connectivity index (χ2n) is 7.52. The minimum atomic E-state index is -0.521. The van der Waals surface area contributed by atoms with Crippen LogP contribution >= 0.6 is 0 Å². The topological polar surface area (TPSA) is 100 Å². The molecule has 154 valence electrons. The molecule has 7 nitrogen and oxygen atoms in total. The lowest BCUT2D eigenvalue weighted by molar-refractivity contribution is 0.0909. The van der Waals surface area contributed by atoms with Crippen molar-refractivity contribution in [3.63, 3.8) is 0 Å². The maximum absolute atomic E-state index is 12.7. The molecule has 1 aliphatic rings. The second kappa shape index (κ2) is 9.52. The number of hydrogen-bond acceptors (Lipinski definition) is 4. The maximum Gasteiger partial charge on any atom is 0.263 e. The van der Waals surface area contributed by atoms with Gasteiger partial charge in [0.2, 0.25) is 0 Å². The van der Waals surface area contributed by atoms with E-state index in [0.29, 0.717) is 12.5 Å². The highest BCUT2D eigenvalue weighted by Gasteiger charge is 2.21. The van der Waals surface area contributed by atoms with E-state index in [1.807, 2.05) is 30.3 Å². The van der Waals surface area contributed by atoms with Gasteiger partial charge in [0.1, 0.15) is 5.56 Å². The smallest absolute Gasteiger partial charge is 0.263 e. The summed E-state index contributed by atoms with van der Waals surface area (Å²) in [7, 11) is 1.45. The van der Waals surface area contributed by atoms with Gasteiger partial charge in [-0.25, -0.2) is 0 Å². The van der Waals surface area contributed by atoms with E-state index in [9.17, 15) is 19.5 Å². The Bertz CT molecular complexity index is 915. The Morgan fingerprint density at radius 3 is 2.45 bits per heavy atom. The highest BCUT2D eigenvalue weighted by atomic mass is 16.3. The lowest BCUT2D eigenvalue weighted by Crippen LogP contribution is -2.35. The zero-order valence-corrected chi connectivity index (χ0v) is 16.6. The van der Waals surface area contributed by atoms with Crippen molar-refractivity contribution in [1.82, 2.24) is 15.2 Å². The molecule has 0 atom stereocenters. The quantitative estimate of drug-likeness (QED) is 0.688. The zero-order chi connectivity index (χ0) is 20.8. The van der Waals surface area contributed by atoms with Gasteiger partial charge in [-0.05, 0) is 43.2 Å². The minimum absolute atomic E-state index is 0.0585. The van der Waals surface area contributed by atoms with Crippen molar-refractivity contribution in [2.24, 2.45) is 5.92 Å². The van der Waals surface area contributed by atoms with Gasteiger partial charge >= 0.3 is 0 Å². The fourth-order valence-electron chi connectivity index (χ4n) is 3.64. The lowest BCUT2D eigenvalue weighted by atomic mass is 9.87. The molecular weight excluding hydrogens is 370 g/mol. The summed E-state index contributed by atoms with van der Waals surface area (Å²) in [5.74, 6) is -0.508. The van der Waals surface area contributed by atoms with Gasteiger partial charge in [-0.3, -0.25) is 14.4 Å². The van der Waals surface area contributed by atoms with Crippen molar-refractivity contribution < 1.29 is 14.7 Å². The molecule has 2 amide bonds. The monoisotopic (exact) mass is 397 g/mol. The summed E-state index contributed by atoms with van der Waals surface area (Å²) < 4.78 is 1.39. The van der Waals surface area contributed by atoms with Crippen molar-refractivity contribution in [2.45, 2.75) is 38.3 Å². The number of amides is 2. The molecule has 0 saturated heterocycles. The van der Waals surface area contributed by atoms with Crippen LogP contribution in [0.15, 0.2) is 47.4 Å². The Labute approximate surface area is 169 Å². The third-order valence-electron chi connectivity index (χ3n) is 5.38. The molecule has 0 aliphatic heterocycles. The molecule has 2 aromatic rings. The number of carbonyl (C=O) groups excluding carboxylic acids is 2. The SMILES string of the molecule is CNC(=O)c1cc(C(=O)NC[C@H]2CC[C@@H](O)CC2)cn(Cc2ccccc2)c1=O. The summed E-state index contributed by atoms with van der Waals surface area (Å²) >= 11 is 0. The van der Waals surface area contributed by atoms with Gasteiger partial charge in [-0.15, -0.1) is 0 Å². The number of hydrogen-bond donors (Lipinski definition) is 3. The number of benzene rings is 1. The largest absolute Gasteiger partial charge is 0.393 e. The number of aliphatic hydroxyl groups excluding tert-OH is 1. The third-order valence-corrected chi connectivity index (χ3v) is 5.38. The molecule has 0 spiro atoms. The number of carbonyl (C=O) groups is 2. The molecule has 1 heterocycles. The Hall–Kier alpha value is -2.93. The molecule has 0 radical (unpaired) electrons. The van der Waals surface area contributed by atoms with Crippen LogP contribution in [0.5, 0.6) is 0 Å². The van der Waals surface area contributed by atoms with Gasteiger partial charge < -0.3 is 20.3 Å². The molecule has 1 fully saturated rings. The molecule has 3 N–H and O–H groups in total. The number of pyridine rings is 1. The van der Waals surface area contributed by atoms with Gasteiger partial charge in [0.15, 0.2) is 0 Å². The Morgan fingerprint density at radius 1 is 1.10 bits per heavy atom. The van der Waals surface area contributed by atoms with Gasteiger partial charge in [0.25, 0.3) is 17.4 Å². The van der Waals surface area contributed by atoms with E-state index in [1.165, 1.54) is 23.9 Å². The molecule has 1 aliphatic carbocycles. The van der Waals surface area contributed by atoms with Crippen LogP contribution in [0.25, 0.3) is 0 Å². The highest BCUT2D eigenvalue weighted by molar-refractivity contribution is 5.99. The zero-order valence-electron chi connectivity index (χ0n) is 16.6. The normalized spacial score (nSPS) is 18.8. The van der Waals surface area contributed by atoms with E-state index in [0.717, 1.165) is 31.2 Å². The van der Waals surface area contributed by atoms with Crippen LogP contribution in [-0.2, 0) is 6.54 Å². The van der Waals surface area contributed by atoms with E-state index < -0.39 is 11.5 Å². The average Bonchev–Trinajstić information content (AvgIpc) is 2.74. The van der Waals surface area contributed by atoms with E-state index in [2.05, 4.69) is 10.6 Å². The van der Waals surface area contributed by atoms with Crippen LogP contribution in [0.4, 0.5) is 0 Å². The Morgan fingerprint density at radius 2 is 1.79 bits per heavy atom. The van der Waals surface area contributed by atoms with Crippen molar-refractivity contribution >= 4 is 11.8 Å². The molecule has 3 rings (SSSR count). The molecule has 1 saturated carbocycles. The number of aromatic nitrogens is 1. The molecule has 1 aromatic heterocycles. The van der Waals surface area contributed by atoms with Crippen molar-refractivity contribution in [3.8, 4) is 0 Å². The highest BCUT2D eigenvalue weighted by Crippen LogP contribution is 2.23. The first-order chi connectivity index (χ1) is 14.0. The number of rotatable bonds is 6. The molecule has 0 unspecified atom stereocenters. The third kappa shape index (κ3) is 5.32. The second-order valence-corrected chi connectivity index (χ2v) is 7.52. The fourth-order valence-corrected chi connectivity index (χ4v) is 3.64. The van der Waals surface area contributed by atoms with Gasteiger partial charge in [0.05, 0.1) is 18.2 Å². The fraction of sp³-hybridized carbons (Fsp3) is 0.409. The predicted molar refractivity (Wildman–Crippen MR) is 110 cm³/mol. The van der Waals surface area contributed by atoms with Crippen LogP contribution in [0, 0.1) is 5.92 Å². The summed E-state index contributed by atoms with van der Waals surface area (Å²) in [6, 6.07) is 10.8. The number of nitrogens with one attached hydrogen (secondary N) is 2. The van der Waals surface area contributed by atoms with Gasteiger partial charge in [0, 0.05) is 19.8 Å². The maximum atomic E-state index is 12.7. The van der Waals surface area contributed by atoms with Crippen molar-refractivity contribution in [1.29, 1.82) is 0 Å². The summed E-state index contributed by atoms with van der Waals surface area (Å²) in [4.78, 5) is 37.6. The van der Waals surface area contributed by atoms with Crippen molar-refractivity contribution in [2.75, 3.05) is 13.6 Å². The Balaban J connectivity index is 1.81. The van der Waals surface area contributed by atoms with Gasteiger partial charge in [-0.2, -0.15) is 0 Å². The predicted octanol–water partition coefficient (Wildman–Crippen LogP) is 1.54. The van der Waals surface area contributed by atoms with Crippen LogP contribution in [-0.4, -0.2) is 41.2 Å². The summed E-state index contributed by atoms with van der Waals surface area (Å²) in [6.45, 7) is 0.782.